The molecule has 4 rings (SSSR count). The van der Waals surface area contributed by atoms with E-state index < -0.39 is 0 Å². The van der Waals surface area contributed by atoms with Crippen molar-refractivity contribution in [2.45, 2.75) is 20.3 Å². The minimum absolute atomic E-state index is 0.181. The number of rotatable bonds is 6. The molecule has 2 amide bonds. The van der Waals surface area contributed by atoms with E-state index in [1.165, 1.54) is 6.21 Å². The first-order valence-corrected chi connectivity index (χ1v) is 10.0. The second-order valence-electron chi connectivity index (χ2n) is 6.93. The molecule has 0 radical (unpaired) electrons. The van der Waals surface area contributed by atoms with E-state index in [4.69, 9.17) is 9.47 Å². The smallest absolute Gasteiger partial charge is 0.254 e. The van der Waals surface area contributed by atoms with Gasteiger partial charge in [-0.1, -0.05) is 12.2 Å². The van der Waals surface area contributed by atoms with Gasteiger partial charge < -0.3 is 9.47 Å². The number of ether oxygens (including phenoxy) is 2. The standard InChI is InChI=1S/C20H21BrN2O4/c1-3-26-15-8-11(7-14(21)18(15)27-4-2)10-22-23-19(24)16-12-5-6-13(9-12)17(16)20(23)25/h5-8,10,12-13,16-17H,3-4,9H2,1-2H3/b22-10-/t12-,13-,16-,17-/m0/s1. The van der Waals surface area contributed by atoms with Crippen LogP contribution in [0.25, 0.3) is 0 Å². The Balaban J connectivity index is 1.58. The van der Waals surface area contributed by atoms with E-state index in [2.05, 4.69) is 33.2 Å². The zero-order valence-corrected chi connectivity index (χ0v) is 16.8. The van der Waals surface area contributed by atoms with Crippen molar-refractivity contribution in [2.24, 2.45) is 28.8 Å². The molecule has 6 nitrogen and oxygen atoms in total. The molecule has 0 N–H and O–H groups in total. The van der Waals surface area contributed by atoms with Crippen molar-refractivity contribution in [3.63, 3.8) is 0 Å². The van der Waals surface area contributed by atoms with Gasteiger partial charge in [0, 0.05) is 0 Å². The maximum atomic E-state index is 12.7. The van der Waals surface area contributed by atoms with Crippen LogP contribution in [0.2, 0.25) is 0 Å². The van der Waals surface area contributed by atoms with Crippen LogP contribution in [0, 0.1) is 23.7 Å². The third-order valence-electron chi connectivity index (χ3n) is 5.39. The molecule has 1 aliphatic heterocycles. The number of hydrazone groups is 1. The largest absolute Gasteiger partial charge is 0.490 e. The van der Waals surface area contributed by atoms with Crippen LogP contribution in [0.15, 0.2) is 33.9 Å². The molecule has 27 heavy (non-hydrogen) atoms. The van der Waals surface area contributed by atoms with Crippen LogP contribution in [0.4, 0.5) is 0 Å². The summed E-state index contributed by atoms with van der Waals surface area (Å²) in [5.74, 6) is 0.727. The Bertz CT molecular complexity index is 821. The number of carbonyl (C=O) groups excluding carboxylic acids is 2. The molecule has 0 spiro atoms. The Kier molecular flexibility index (Phi) is 4.80. The lowest BCUT2D eigenvalue weighted by molar-refractivity contribution is -0.140. The number of benzene rings is 1. The summed E-state index contributed by atoms with van der Waals surface area (Å²) in [6.45, 7) is 4.81. The Labute approximate surface area is 166 Å². The summed E-state index contributed by atoms with van der Waals surface area (Å²) < 4.78 is 12.0. The topological polar surface area (TPSA) is 68.2 Å². The normalized spacial score (nSPS) is 28.5. The Morgan fingerprint density at radius 1 is 1.11 bits per heavy atom. The van der Waals surface area contributed by atoms with Gasteiger partial charge >= 0.3 is 0 Å². The van der Waals surface area contributed by atoms with Gasteiger partial charge in [-0.15, -0.1) is 0 Å². The SMILES string of the molecule is CCOc1cc(/C=N\N2C(=O)[C@@H]3[C@@H](C2=O)[C@H]2C=C[C@H]3C2)cc(Br)c1OCC. The van der Waals surface area contributed by atoms with Crippen molar-refractivity contribution in [2.75, 3.05) is 13.2 Å². The van der Waals surface area contributed by atoms with E-state index in [1.54, 1.807) is 6.07 Å². The summed E-state index contributed by atoms with van der Waals surface area (Å²) in [6, 6.07) is 3.62. The maximum absolute atomic E-state index is 12.7. The first-order chi connectivity index (χ1) is 13.0. The van der Waals surface area contributed by atoms with Gasteiger partial charge in [-0.05, 0) is 65.7 Å². The van der Waals surface area contributed by atoms with Crippen LogP contribution in [0.3, 0.4) is 0 Å². The lowest BCUT2D eigenvalue weighted by Crippen LogP contribution is -2.28. The third-order valence-corrected chi connectivity index (χ3v) is 5.98. The van der Waals surface area contributed by atoms with E-state index in [-0.39, 0.29) is 35.5 Å². The monoisotopic (exact) mass is 432 g/mol. The van der Waals surface area contributed by atoms with Crippen molar-refractivity contribution in [1.82, 2.24) is 5.01 Å². The number of amides is 2. The van der Waals surface area contributed by atoms with Gasteiger partial charge in [0.25, 0.3) is 11.8 Å². The average molecular weight is 433 g/mol. The lowest BCUT2D eigenvalue weighted by Gasteiger charge is -2.14. The zero-order valence-electron chi connectivity index (χ0n) is 15.2. The van der Waals surface area contributed by atoms with Crippen LogP contribution in [-0.4, -0.2) is 36.3 Å². The highest BCUT2D eigenvalue weighted by atomic mass is 79.9. The minimum atomic E-state index is -0.240. The van der Waals surface area contributed by atoms with Crippen molar-refractivity contribution in [3.05, 3.63) is 34.3 Å². The number of imide groups is 1. The number of hydrogen-bond donors (Lipinski definition) is 0. The van der Waals surface area contributed by atoms with Crippen molar-refractivity contribution < 1.29 is 19.1 Å². The second-order valence-corrected chi connectivity index (χ2v) is 7.78. The Morgan fingerprint density at radius 3 is 2.33 bits per heavy atom. The summed E-state index contributed by atoms with van der Waals surface area (Å²) >= 11 is 3.49. The molecule has 0 unspecified atom stereocenters. The highest BCUT2D eigenvalue weighted by Gasteiger charge is 2.59. The number of halogens is 1. The van der Waals surface area contributed by atoms with Gasteiger partial charge in [-0.3, -0.25) is 9.59 Å². The molecule has 2 aliphatic carbocycles. The predicted octanol–water partition coefficient (Wildman–Crippen LogP) is 3.39. The van der Waals surface area contributed by atoms with E-state index in [0.29, 0.717) is 30.3 Å². The fraction of sp³-hybridized carbons (Fsp3) is 0.450. The lowest BCUT2D eigenvalue weighted by atomic mass is 9.85. The Morgan fingerprint density at radius 2 is 1.74 bits per heavy atom. The van der Waals surface area contributed by atoms with Gasteiger partial charge in [0.05, 0.1) is 35.7 Å². The van der Waals surface area contributed by atoms with E-state index in [1.807, 2.05) is 19.9 Å². The van der Waals surface area contributed by atoms with Crippen LogP contribution in [-0.2, 0) is 9.59 Å². The quantitative estimate of drug-likeness (QED) is 0.392. The molecule has 3 aliphatic rings. The van der Waals surface area contributed by atoms with Gasteiger partial charge in [0.2, 0.25) is 0 Å². The van der Waals surface area contributed by atoms with Gasteiger partial charge in [0.1, 0.15) is 0 Å². The summed E-state index contributed by atoms with van der Waals surface area (Å²) in [5.41, 5.74) is 0.715. The third kappa shape index (κ3) is 2.98. The molecule has 1 heterocycles. The number of hydrogen-bond acceptors (Lipinski definition) is 5. The van der Waals surface area contributed by atoms with E-state index in [0.717, 1.165) is 15.9 Å². The highest BCUT2D eigenvalue weighted by molar-refractivity contribution is 9.10. The fourth-order valence-corrected chi connectivity index (χ4v) is 4.91. The van der Waals surface area contributed by atoms with Crippen LogP contribution in [0.5, 0.6) is 11.5 Å². The second kappa shape index (κ2) is 7.11. The average Bonchev–Trinajstić information content (AvgIpc) is 3.31. The first kappa shape index (κ1) is 18.2. The molecule has 2 fully saturated rings. The molecule has 4 atom stereocenters. The number of nitrogens with zero attached hydrogens (tertiary/aromatic N) is 2. The molecule has 1 aromatic rings. The van der Waals surface area contributed by atoms with Crippen molar-refractivity contribution in [1.29, 1.82) is 0 Å². The molecule has 2 bridgehead atoms. The van der Waals surface area contributed by atoms with E-state index in [9.17, 15) is 9.59 Å². The zero-order chi connectivity index (χ0) is 19.1. The molecule has 1 saturated carbocycles. The van der Waals surface area contributed by atoms with Crippen LogP contribution < -0.4 is 9.47 Å². The summed E-state index contributed by atoms with van der Waals surface area (Å²) in [5, 5.41) is 5.26. The fourth-order valence-electron chi connectivity index (χ4n) is 4.33. The number of fused-ring (bicyclic) bond motifs is 5. The Hall–Kier alpha value is -2.15. The van der Waals surface area contributed by atoms with E-state index >= 15 is 0 Å². The highest BCUT2D eigenvalue weighted by Crippen LogP contribution is 2.52. The van der Waals surface area contributed by atoms with Gasteiger partial charge in [-0.25, -0.2) is 0 Å². The van der Waals surface area contributed by atoms with Crippen molar-refractivity contribution in [3.8, 4) is 11.5 Å². The molecule has 7 heteroatoms. The molecular formula is C20H21BrN2O4. The predicted molar refractivity (Wildman–Crippen MR) is 104 cm³/mol. The van der Waals surface area contributed by atoms with Gasteiger partial charge in [0.15, 0.2) is 11.5 Å². The summed E-state index contributed by atoms with van der Waals surface area (Å²) in [4.78, 5) is 25.4. The summed E-state index contributed by atoms with van der Waals surface area (Å²) in [6.07, 6.45) is 6.58. The van der Waals surface area contributed by atoms with Gasteiger partial charge in [-0.2, -0.15) is 10.1 Å². The molecule has 1 saturated heterocycles. The number of allylic oxidation sites excluding steroid dienone is 2. The molecular weight excluding hydrogens is 412 g/mol. The molecule has 0 aromatic heterocycles. The maximum Gasteiger partial charge on any atom is 0.254 e. The van der Waals surface area contributed by atoms with Crippen LogP contribution in [0.1, 0.15) is 25.8 Å². The molecule has 1 aromatic carbocycles. The first-order valence-electron chi connectivity index (χ1n) is 9.24. The minimum Gasteiger partial charge on any atom is -0.490 e. The number of carbonyl (C=O) groups is 2. The van der Waals surface area contributed by atoms with Crippen molar-refractivity contribution >= 4 is 34.0 Å². The summed E-state index contributed by atoms with van der Waals surface area (Å²) in [7, 11) is 0. The molecule has 142 valence electrons. The van der Waals surface area contributed by atoms with Crippen LogP contribution >= 0.6 is 15.9 Å².